The summed E-state index contributed by atoms with van der Waals surface area (Å²) in [4.78, 5) is 30.0. The Balaban J connectivity index is 1.88. The predicted molar refractivity (Wildman–Crippen MR) is 99.5 cm³/mol. The van der Waals surface area contributed by atoms with E-state index >= 15 is 0 Å². The van der Waals surface area contributed by atoms with Crippen LogP contribution >= 0.6 is 0 Å². The van der Waals surface area contributed by atoms with Crippen molar-refractivity contribution in [1.29, 1.82) is 0 Å². The quantitative estimate of drug-likeness (QED) is 0.823. The van der Waals surface area contributed by atoms with Crippen LogP contribution in [-0.4, -0.2) is 35.3 Å². The molecule has 5 nitrogen and oxygen atoms in total. The Kier molecular flexibility index (Phi) is 6.28. The van der Waals surface area contributed by atoms with Crippen LogP contribution in [-0.2, 0) is 16.0 Å². The summed E-state index contributed by atoms with van der Waals surface area (Å²) in [6.45, 7) is 6.50. The third-order valence-electron chi connectivity index (χ3n) is 4.16. The highest BCUT2D eigenvalue weighted by Crippen LogP contribution is 2.22. The molecule has 0 spiro atoms. The SMILES string of the molecule is Cc1cc(C)c(NC(=O)CC(=O)N(C)CCc2ccncc2)c(C)c1. The van der Waals surface area contributed by atoms with E-state index in [1.54, 1.807) is 24.3 Å². The van der Waals surface area contributed by atoms with Gasteiger partial charge in [0, 0.05) is 31.7 Å². The number of carbonyl (C=O) groups is 2. The Morgan fingerprint density at radius 2 is 1.68 bits per heavy atom. The van der Waals surface area contributed by atoms with Gasteiger partial charge in [-0.3, -0.25) is 14.6 Å². The lowest BCUT2D eigenvalue weighted by Gasteiger charge is -2.18. The second-order valence-corrected chi connectivity index (χ2v) is 6.42. The van der Waals surface area contributed by atoms with Crippen molar-refractivity contribution in [3.8, 4) is 0 Å². The molecule has 1 aromatic heterocycles. The number of nitrogens with zero attached hydrogens (tertiary/aromatic N) is 2. The lowest BCUT2D eigenvalue weighted by atomic mass is 10.0. The Bertz CT molecular complexity index is 734. The van der Waals surface area contributed by atoms with Crippen molar-refractivity contribution in [1.82, 2.24) is 9.88 Å². The highest BCUT2D eigenvalue weighted by Gasteiger charge is 2.15. The van der Waals surface area contributed by atoms with E-state index in [2.05, 4.69) is 10.3 Å². The monoisotopic (exact) mass is 339 g/mol. The molecule has 0 aliphatic heterocycles. The Labute approximate surface area is 149 Å². The minimum absolute atomic E-state index is 0.153. The third kappa shape index (κ3) is 5.41. The summed E-state index contributed by atoms with van der Waals surface area (Å²) in [6, 6.07) is 7.89. The topological polar surface area (TPSA) is 62.3 Å². The molecule has 0 aliphatic rings. The van der Waals surface area contributed by atoms with Gasteiger partial charge in [-0.2, -0.15) is 0 Å². The summed E-state index contributed by atoms with van der Waals surface area (Å²) < 4.78 is 0. The zero-order valence-electron chi connectivity index (χ0n) is 15.3. The second kappa shape index (κ2) is 8.42. The minimum atomic E-state index is -0.282. The van der Waals surface area contributed by atoms with Gasteiger partial charge in [0.05, 0.1) is 0 Å². The highest BCUT2D eigenvalue weighted by atomic mass is 16.2. The van der Waals surface area contributed by atoms with Crippen LogP contribution in [0.1, 0.15) is 28.7 Å². The Morgan fingerprint density at radius 3 is 2.28 bits per heavy atom. The number of hydrogen-bond acceptors (Lipinski definition) is 3. The molecule has 0 fully saturated rings. The van der Waals surface area contributed by atoms with Crippen LogP contribution in [0.2, 0.25) is 0 Å². The molecule has 0 saturated carbocycles. The zero-order valence-corrected chi connectivity index (χ0v) is 15.3. The summed E-state index contributed by atoms with van der Waals surface area (Å²) in [7, 11) is 1.72. The molecule has 2 rings (SSSR count). The molecule has 1 N–H and O–H groups in total. The molecule has 0 bridgehead atoms. The molecule has 25 heavy (non-hydrogen) atoms. The summed E-state index contributed by atoms with van der Waals surface area (Å²) in [6.07, 6.45) is 4.05. The van der Waals surface area contributed by atoms with Gasteiger partial charge in [0.2, 0.25) is 11.8 Å². The highest BCUT2D eigenvalue weighted by molar-refractivity contribution is 6.04. The first kappa shape index (κ1) is 18.6. The molecular weight excluding hydrogens is 314 g/mol. The van der Waals surface area contributed by atoms with Crippen LogP contribution in [0, 0.1) is 20.8 Å². The number of rotatable bonds is 6. The van der Waals surface area contributed by atoms with Gasteiger partial charge in [0.25, 0.3) is 0 Å². The van der Waals surface area contributed by atoms with Gasteiger partial charge in [0.15, 0.2) is 0 Å². The number of benzene rings is 1. The van der Waals surface area contributed by atoms with Crippen molar-refractivity contribution < 1.29 is 9.59 Å². The van der Waals surface area contributed by atoms with Crippen LogP contribution in [0.15, 0.2) is 36.7 Å². The molecule has 5 heteroatoms. The standard InChI is InChI=1S/C20H25N3O2/c1-14-11-15(2)20(16(3)12-14)22-18(24)13-19(25)23(4)10-7-17-5-8-21-9-6-17/h5-6,8-9,11-12H,7,10,13H2,1-4H3,(H,22,24). The normalized spacial score (nSPS) is 10.4. The van der Waals surface area contributed by atoms with Crippen molar-refractivity contribution in [3.63, 3.8) is 0 Å². The molecule has 132 valence electrons. The first-order chi connectivity index (χ1) is 11.9. The second-order valence-electron chi connectivity index (χ2n) is 6.42. The predicted octanol–water partition coefficient (Wildman–Crippen LogP) is 3.04. The molecule has 0 saturated heterocycles. The van der Waals surface area contributed by atoms with Crippen LogP contribution in [0.3, 0.4) is 0 Å². The number of pyridine rings is 1. The number of aromatic nitrogens is 1. The van der Waals surface area contributed by atoms with E-state index in [-0.39, 0.29) is 18.2 Å². The van der Waals surface area contributed by atoms with Crippen molar-refractivity contribution in [2.24, 2.45) is 0 Å². The van der Waals surface area contributed by atoms with Crippen molar-refractivity contribution in [3.05, 3.63) is 58.9 Å². The molecule has 2 aromatic rings. The summed E-state index contributed by atoms with van der Waals surface area (Å²) in [5, 5.41) is 2.87. The number of anilines is 1. The van der Waals surface area contributed by atoms with Gasteiger partial charge in [-0.15, -0.1) is 0 Å². The third-order valence-corrected chi connectivity index (χ3v) is 4.16. The van der Waals surface area contributed by atoms with Gasteiger partial charge in [-0.1, -0.05) is 17.7 Å². The molecular formula is C20H25N3O2. The number of carbonyl (C=O) groups excluding carboxylic acids is 2. The fourth-order valence-corrected chi connectivity index (χ4v) is 2.80. The van der Waals surface area contributed by atoms with E-state index in [0.29, 0.717) is 6.54 Å². The van der Waals surface area contributed by atoms with Crippen LogP contribution in [0.4, 0.5) is 5.69 Å². The summed E-state index contributed by atoms with van der Waals surface area (Å²) in [5.74, 6) is -0.468. The van der Waals surface area contributed by atoms with E-state index in [1.807, 2.05) is 45.0 Å². The largest absolute Gasteiger partial charge is 0.345 e. The average Bonchev–Trinajstić information content (AvgIpc) is 2.56. The zero-order chi connectivity index (χ0) is 18.4. The van der Waals surface area contributed by atoms with Crippen LogP contribution in [0.5, 0.6) is 0 Å². The van der Waals surface area contributed by atoms with Gasteiger partial charge < -0.3 is 10.2 Å². The van der Waals surface area contributed by atoms with Gasteiger partial charge in [-0.05, 0) is 56.0 Å². The Morgan fingerprint density at radius 1 is 1.08 bits per heavy atom. The van der Waals surface area contributed by atoms with Gasteiger partial charge in [0.1, 0.15) is 6.42 Å². The fraction of sp³-hybridized carbons (Fsp3) is 0.350. The van der Waals surface area contributed by atoms with Crippen molar-refractivity contribution in [2.45, 2.75) is 33.6 Å². The fourth-order valence-electron chi connectivity index (χ4n) is 2.80. The maximum atomic E-state index is 12.2. The van der Waals surface area contributed by atoms with E-state index in [0.717, 1.165) is 34.4 Å². The average molecular weight is 339 g/mol. The molecule has 2 amide bonds. The van der Waals surface area contributed by atoms with E-state index in [9.17, 15) is 9.59 Å². The molecule has 0 aliphatic carbocycles. The number of nitrogens with one attached hydrogen (secondary N) is 1. The first-order valence-corrected chi connectivity index (χ1v) is 8.37. The van der Waals surface area contributed by atoms with E-state index in [4.69, 9.17) is 0 Å². The molecule has 0 atom stereocenters. The maximum Gasteiger partial charge on any atom is 0.233 e. The molecule has 1 heterocycles. The molecule has 1 aromatic carbocycles. The van der Waals surface area contributed by atoms with Crippen LogP contribution < -0.4 is 5.32 Å². The van der Waals surface area contributed by atoms with Crippen LogP contribution in [0.25, 0.3) is 0 Å². The summed E-state index contributed by atoms with van der Waals surface area (Å²) in [5.41, 5.74) is 5.07. The van der Waals surface area contributed by atoms with Crippen molar-refractivity contribution in [2.75, 3.05) is 18.9 Å². The maximum absolute atomic E-state index is 12.2. The Hall–Kier alpha value is -2.69. The number of hydrogen-bond donors (Lipinski definition) is 1. The molecule has 0 unspecified atom stereocenters. The van der Waals surface area contributed by atoms with Crippen molar-refractivity contribution >= 4 is 17.5 Å². The van der Waals surface area contributed by atoms with Gasteiger partial charge >= 0.3 is 0 Å². The number of aryl methyl sites for hydroxylation is 3. The van der Waals surface area contributed by atoms with E-state index < -0.39 is 0 Å². The number of amides is 2. The molecule has 0 radical (unpaired) electrons. The lowest BCUT2D eigenvalue weighted by Crippen LogP contribution is -2.32. The number of likely N-dealkylation sites (N-methyl/N-ethyl adjacent to an activating group) is 1. The van der Waals surface area contributed by atoms with Gasteiger partial charge in [-0.25, -0.2) is 0 Å². The van der Waals surface area contributed by atoms with E-state index in [1.165, 1.54) is 0 Å². The first-order valence-electron chi connectivity index (χ1n) is 8.37. The minimum Gasteiger partial charge on any atom is -0.345 e. The summed E-state index contributed by atoms with van der Waals surface area (Å²) >= 11 is 0. The lowest BCUT2D eigenvalue weighted by molar-refractivity contribution is -0.133. The smallest absolute Gasteiger partial charge is 0.233 e.